The van der Waals surface area contributed by atoms with E-state index in [2.05, 4.69) is 32.4 Å². The molecule has 2 aromatic rings. The Balaban J connectivity index is 2.18. The maximum absolute atomic E-state index is 13.7. The van der Waals surface area contributed by atoms with Crippen molar-refractivity contribution in [1.82, 2.24) is 9.55 Å². The molecular formula is C13H13BrClFN2. The first kappa shape index (κ1) is 12.4. The third-order valence-electron chi connectivity index (χ3n) is 3.67. The molecule has 1 saturated carbocycles. The average Bonchev–Trinajstić information content (AvgIpc) is 3.05. The molecule has 0 N–H and O–H groups in total. The molecule has 0 radical (unpaired) electrons. The SMILES string of the molecule is CCC1CC1n1c(CCl)nc2cc(Br)c(F)cc21. The van der Waals surface area contributed by atoms with Crippen molar-refractivity contribution in [2.24, 2.45) is 5.92 Å². The van der Waals surface area contributed by atoms with E-state index < -0.39 is 0 Å². The number of hydrogen-bond donors (Lipinski definition) is 0. The monoisotopic (exact) mass is 330 g/mol. The second-order valence-electron chi connectivity index (χ2n) is 4.76. The van der Waals surface area contributed by atoms with Crippen LogP contribution in [0.25, 0.3) is 11.0 Å². The molecule has 2 nitrogen and oxygen atoms in total. The number of hydrogen-bond acceptors (Lipinski definition) is 1. The summed E-state index contributed by atoms with van der Waals surface area (Å²) in [6.07, 6.45) is 2.29. The second kappa shape index (κ2) is 4.49. The van der Waals surface area contributed by atoms with Gasteiger partial charge in [0.2, 0.25) is 0 Å². The summed E-state index contributed by atoms with van der Waals surface area (Å²) in [5, 5.41) is 0. The van der Waals surface area contributed by atoms with Gasteiger partial charge in [0, 0.05) is 12.1 Å². The van der Waals surface area contributed by atoms with E-state index in [0.29, 0.717) is 22.3 Å². The quantitative estimate of drug-likeness (QED) is 0.749. The molecule has 1 heterocycles. The number of fused-ring (bicyclic) bond motifs is 1. The molecule has 3 rings (SSSR count). The van der Waals surface area contributed by atoms with Crippen LogP contribution in [0.15, 0.2) is 16.6 Å². The summed E-state index contributed by atoms with van der Waals surface area (Å²) < 4.78 is 16.2. The molecule has 1 aromatic heterocycles. The fourth-order valence-electron chi connectivity index (χ4n) is 2.59. The Morgan fingerprint density at radius 2 is 2.33 bits per heavy atom. The second-order valence-corrected chi connectivity index (χ2v) is 5.88. The Morgan fingerprint density at radius 3 is 2.94 bits per heavy atom. The smallest absolute Gasteiger partial charge is 0.139 e. The summed E-state index contributed by atoms with van der Waals surface area (Å²) in [4.78, 5) is 4.50. The van der Waals surface area contributed by atoms with Crippen molar-refractivity contribution in [3.63, 3.8) is 0 Å². The number of alkyl halides is 1. The topological polar surface area (TPSA) is 17.8 Å². The molecule has 18 heavy (non-hydrogen) atoms. The zero-order chi connectivity index (χ0) is 12.9. The molecule has 0 spiro atoms. The summed E-state index contributed by atoms with van der Waals surface area (Å²) in [7, 11) is 0. The molecule has 1 aliphatic rings. The average molecular weight is 332 g/mol. The molecule has 1 fully saturated rings. The van der Waals surface area contributed by atoms with Crippen molar-refractivity contribution in [2.75, 3.05) is 0 Å². The van der Waals surface area contributed by atoms with Crippen molar-refractivity contribution in [1.29, 1.82) is 0 Å². The fraction of sp³-hybridized carbons (Fsp3) is 0.462. The maximum atomic E-state index is 13.7. The van der Waals surface area contributed by atoms with Crippen molar-refractivity contribution in [3.8, 4) is 0 Å². The van der Waals surface area contributed by atoms with Crippen LogP contribution in [0.4, 0.5) is 4.39 Å². The molecule has 0 amide bonds. The first-order chi connectivity index (χ1) is 8.65. The Morgan fingerprint density at radius 1 is 1.56 bits per heavy atom. The highest BCUT2D eigenvalue weighted by molar-refractivity contribution is 9.10. The van der Waals surface area contributed by atoms with Crippen molar-refractivity contribution < 1.29 is 4.39 Å². The molecule has 96 valence electrons. The zero-order valence-electron chi connectivity index (χ0n) is 9.96. The maximum Gasteiger partial charge on any atom is 0.139 e. The van der Waals surface area contributed by atoms with Gasteiger partial charge in [0.05, 0.1) is 21.4 Å². The highest BCUT2D eigenvalue weighted by atomic mass is 79.9. The highest BCUT2D eigenvalue weighted by Gasteiger charge is 2.39. The third kappa shape index (κ3) is 1.86. The van der Waals surface area contributed by atoms with Crippen LogP contribution in [0.3, 0.4) is 0 Å². The molecule has 1 aromatic carbocycles. The Hall–Kier alpha value is -0.610. The number of imidazole rings is 1. The van der Waals surface area contributed by atoms with Crippen LogP contribution < -0.4 is 0 Å². The van der Waals surface area contributed by atoms with Crippen LogP contribution in [-0.2, 0) is 5.88 Å². The van der Waals surface area contributed by atoms with Crippen LogP contribution in [0, 0.1) is 11.7 Å². The lowest BCUT2D eigenvalue weighted by Crippen LogP contribution is -2.01. The van der Waals surface area contributed by atoms with E-state index in [1.807, 2.05) is 0 Å². The number of benzene rings is 1. The van der Waals surface area contributed by atoms with Gasteiger partial charge in [0.25, 0.3) is 0 Å². The molecule has 0 saturated heterocycles. The van der Waals surface area contributed by atoms with E-state index in [-0.39, 0.29) is 5.82 Å². The Labute approximate surface area is 118 Å². The lowest BCUT2D eigenvalue weighted by Gasteiger charge is -2.07. The van der Waals surface area contributed by atoms with Gasteiger partial charge in [-0.1, -0.05) is 13.3 Å². The van der Waals surface area contributed by atoms with E-state index in [1.54, 1.807) is 12.1 Å². The Bertz CT molecular complexity index is 611. The largest absolute Gasteiger partial charge is 0.323 e. The van der Waals surface area contributed by atoms with E-state index in [0.717, 1.165) is 29.7 Å². The first-order valence-corrected chi connectivity index (χ1v) is 7.40. The molecule has 2 atom stereocenters. The van der Waals surface area contributed by atoms with Gasteiger partial charge < -0.3 is 4.57 Å². The van der Waals surface area contributed by atoms with E-state index in [4.69, 9.17) is 11.6 Å². The molecule has 5 heteroatoms. The van der Waals surface area contributed by atoms with Crippen LogP contribution in [0.2, 0.25) is 0 Å². The van der Waals surface area contributed by atoms with E-state index in [9.17, 15) is 4.39 Å². The van der Waals surface area contributed by atoms with Crippen LogP contribution in [-0.4, -0.2) is 9.55 Å². The molecule has 0 bridgehead atoms. The van der Waals surface area contributed by atoms with Crippen molar-refractivity contribution in [3.05, 3.63) is 28.2 Å². The minimum Gasteiger partial charge on any atom is -0.323 e. The molecule has 0 aliphatic heterocycles. The number of aromatic nitrogens is 2. The van der Waals surface area contributed by atoms with Gasteiger partial charge >= 0.3 is 0 Å². The first-order valence-electron chi connectivity index (χ1n) is 6.07. The molecule has 2 unspecified atom stereocenters. The van der Waals surface area contributed by atoms with Gasteiger partial charge in [0.1, 0.15) is 11.6 Å². The lowest BCUT2D eigenvalue weighted by atomic mass is 10.3. The summed E-state index contributed by atoms with van der Waals surface area (Å²) >= 11 is 9.15. The minimum absolute atomic E-state index is 0.251. The number of nitrogens with zero attached hydrogens (tertiary/aromatic N) is 2. The van der Waals surface area contributed by atoms with Gasteiger partial charge in [-0.25, -0.2) is 9.37 Å². The summed E-state index contributed by atoms with van der Waals surface area (Å²) in [5.74, 6) is 1.63. The van der Waals surface area contributed by atoms with E-state index >= 15 is 0 Å². The Kier molecular flexibility index (Phi) is 3.10. The van der Waals surface area contributed by atoms with Gasteiger partial charge in [-0.05, 0) is 34.3 Å². The van der Waals surface area contributed by atoms with Crippen LogP contribution >= 0.6 is 27.5 Å². The summed E-state index contributed by atoms with van der Waals surface area (Å²) in [6, 6.07) is 3.71. The van der Waals surface area contributed by atoms with Crippen LogP contribution in [0.5, 0.6) is 0 Å². The predicted molar refractivity (Wildman–Crippen MR) is 74.4 cm³/mol. The minimum atomic E-state index is -0.251. The fourth-order valence-corrected chi connectivity index (χ4v) is 3.11. The van der Waals surface area contributed by atoms with Gasteiger partial charge in [-0.2, -0.15) is 0 Å². The lowest BCUT2D eigenvalue weighted by molar-refractivity contribution is 0.616. The highest BCUT2D eigenvalue weighted by Crippen LogP contribution is 2.48. The zero-order valence-corrected chi connectivity index (χ0v) is 12.3. The molecular weight excluding hydrogens is 319 g/mol. The van der Waals surface area contributed by atoms with E-state index in [1.165, 1.54) is 0 Å². The molecule has 1 aliphatic carbocycles. The normalized spacial score (nSPS) is 22.7. The van der Waals surface area contributed by atoms with Gasteiger partial charge in [-0.15, -0.1) is 11.6 Å². The summed E-state index contributed by atoms with van der Waals surface area (Å²) in [6.45, 7) is 2.18. The predicted octanol–water partition coefficient (Wildman–Crippen LogP) is 4.65. The van der Waals surface area contributed by atoms with Crippen LogP contribution in [0.1, 0.15) is 31.6 Å². The van der Waals surface area contributed by atoms with Gasteiger partial charge in [-0.3, -0.25) is 0 Å². The van der Waals surface area contributed by atoms with Crippen molar-refractivity contribution in [2.45, 2.75) is 31.7 Å². The third-order valence-corrected chi connectivity index (χ3v) is 4.51. The standard InChI is InChI=1S/C13H13BrClFN2/c1-2-7-3-11(7)18-12-5-9(16)8(14)4-10(12)17-13(18)6-15/h4-5,7,11H,2-3,6H2,1H3. The number of rotatable bonds is 3. The van der Waals surface area contributed by atoms with Gasteiger partial charge in [0.15, 0.2) is 0 Å². The number of halogens is 3. The van der Waals surface area contributed by atoms with Crippen molar-refractivity contribution >= 4 is 38.6 Å². The summed E-state index contributed by atoms with van der Waals surface area (Å²) in [5.41, 5.74) is 1.66.